The quantitative estimate of drug-likeness (QED) is 0.861. The van der Waals surface area contributed by atoms with Gasteiger partial charge in [-0.25, -0.2) is 4.39 Å². The van der Waals surface area contributed by atoms with Crippen LogP contribution in [0.1, 0.15) is 18.4 Å². The van der Waals surface area contributed by atoms with E-state index in [-0.39, 0.29) is 5.82 Å². The molecule has 1 aromatic heterocycles. The van der Waals surface area contributed by atoms with E-state index >= 15 is 0 Å². The molecule has 0 aliphatic heterocycles. The van der Waals surface area contributed by atoms with E-state index in [2.05, 4.69) is 25.8 Å². The molecule has 0 saturated heterocycles. The molecule has 0 unspecified atom stereocenters. The number of nitrogens with zero attached hydrogens (tertiary/aromatic N) is 3. The molecule has 0 atom stereocenters. The molecule has 2 aromatic rings. The highest BCUT2D eigenvalue weighted by Crippen LogP contribution is 2.23. The van der Waals surface area contributed by atoms with Gasteiger partial charge in [-0.15, -0.1) is 5.10 Å². The van der Waals surface area contributed by atoms with E-state index < -0.39 is 0 Å². The smallest absolute Gasteiger partial charge is 0.244 e. The second-order valence-corrected chi connectivity index (χ2v) is 4.53. The second kappa shape index (κ2) is 5.17. The number of aromatic nitrogens is 3. The number of rotatable bonds is 5. The van der Waals surface area contributed by atoms with E-state index in [9.17, 15) is 4.39 Å². The van der Waals surface area contributed by atoms with Gasteiger partial charge in [-0.2, -0.15) is 10.1 Å². The third-order valence-electron chi connectivity index (χ3n) is 2.88. The van der Waals surface area contributed by atoms with E-state index in [0.29, 0.717) is 29.9 Å². The van der Waals surface area contributed by atoms with Crippen LogP contribution in [0.15, 0.2) is 30.5 Å². The fraction of sp³-hybridized carbons (Fsp3) is 0.308. The molecule has 0 spiro atoms. The normalized spacial score (nSPS) is 14.2. The van der Waals surface area contributed by atoms with Gasteiger partial charge in [0.1, 0.15) is 5.82 Å². The molecule has 19 heavy (non-hydrogen) atoms. The van der Waals surface area contributed by atoms with Gasteiger partial charge in [0.25, 0.3) is 0 Å². The van der Waals surface area contributed by atoms with Crippen LogP contribution in [0.2, 0.25) is 0 Å². The van der Waals surface area contributed by atoms with Gasteiger partial charge in [0.15, 0.2) is 5.82 Å². The minimum atomic E-state index is -0.241. The van der Waals surface area contributed by atoms with E-state index in [4.69, 9.17) is 0 Å². The summed E-state index contributed by atoms with van der Waals surface area (Å²) in [5.74, 6) is 0.859. The Labute approximate surface area is 110 Å². The van der Waals surface area contributed by atoms with Crippen molar-refractivity contribution in [2.24, 2.45) is 0 Å². The maximum atomic E-state index is 13.4. The monoisotopic (exact) mass is 259 g/mol. The highest BCUT2D eigenvalue weighted by atomic mass is 19.1. The van der Waals surface area contributed by atoms with Gasteiger partial charge in [0, 0.05) is 18.2 Å². The van der Waals surface area contributed by atoms with Crippen LogP contribution in [0.5, 0.6) is 0 Å². The molecule has 0 radical (unpaired) electrons. The molecular formula is C13H14FN5. The van der Waals surface area contributed by atoms with Gasteiger partial charge in [-0.3, -0.25) is 0 Å². The molecule has 0 bridgehead atoms. The van der Waals surface area contributed by atoms with Crippen molar-refractivity contribution in [1.82, 2.24) is 15.2 Å². The van der Waals surface area contributed by atoms with Crippen LogP contribution in [0, 0.1) is 5.82 Å². The third kappa shape index (κ3) is 3.15. The second-order valence-electron chi connectivity index (χ2n) is 4.53. The van der Waals surface area contributed by atoms with Crippen LogP contribution in [0.3, 0.4) is 0 Å². The Balaban J connectivity index is 1.64. The molecular weight excluding hydrogens is 245 g/mol. The number of benzene rings is 1. The summed E-state index contributed by atoms with van der Waals surface area (Å²) in [4.78, 5) is 4.28. The summed E-state index contributed by atoms with van der Waals surface area (Å²) in [5, 5.41) is 14.0. The fourth-order valence-corrected chi connectivity index (χ4v) is 1.70. The van der Waals surface area contributed by atoms with Crippen molar-refractivity contribution < 1.29 is 4.39 Å². The Hall–Kier alpha value is -2.24. The minimum absolute atomic E-state index is 0.241. The van der Waals surface area contributed by atoms with Gasteiger partial charge >= 0.3 is 0 Å². The van der Waals surface area contributed by atoms with E-state index in [1.54, 1.807) is 24.4 Å². The van der Waals surface area contributed by atoms with Crippen LogP contribution in [0.25, 0.3) is 0 Å². The Morgan fingerprint density at radius 1 is 1.26 bits per heavy atom. The van der Waals surface area contributed by atoms with Gasteiger partial charge < -0.3 is 10.6 Å². The standard InChI is InChI=1S/C13H14FN5/c14-11-4-2-1-3-9(11)7-15-13-18-12(8-16-19-13)17-10-5-6-10/h1-4,8,10H,5-7H2,(H2,15,17,18,19). The van der Waals surface area contributed by atoms with Crippen LogP contribution < -0.4 is 10.6 Å². The van der Waals surface area contributed by atoms with Crippen LogP contribution in [0.4, 0.5) is 16.2 Å². The van der Waals surface area contributed by atoms with Crippen molar-refractivity contribution in [1.29, 1.82) is 0 Å². The molecule has 98 valence electrons. The summed E-state index contributed by atoms with van der Waals surface area (Å²) >= 11 is 0. The summed E-state index contributed by atoms with van der Waals surface area (Å²) < 4.78 is 13.4. The van der Waals surface area contributed by atoms with E-state index in [1.807, 2.05) is 0 Å². The first-order chi connectivity index (χ1) is 9.31. The van der Waals surface area contributed by atoms with Crippen molar-refractivity contribution in [2.75, 3.05) is 10.6 Å². The number of anilines is 2. The van der Waals surface area contributed by atoms with Gasteiger partial charge in [-0.05, 0) is 18.9 Å². The topological polar surface area (TPSA) is 62.7 Å². The first-order valence-electron chi connectivity index (χ1n) is 6.25. The highest BCUT2D eigenvalue weighted by Gasteiger charge is 2.21. The van der Waals surface area contributed by atoms with Crippen molar-refractivity contribution in [3.63, 3.8) is 0 Å². The van der Waals surface area contributed by atoms with Crippen LogP contribution >= 0.6 is 0 Å². The summed E-state index contributed by atoms with van der Waals surface area (Å²) in [6.45, 7) is 0.335. The predicted molar refractivity (Wildman–Crippen MR) is 70.2 cm³/mol. The molecule has 2 N–H and O–H groups in total. The van der Waals surface area contributed by atoms with Crippen molar-refractivity contribution in [3.8, 4) is 0 Å². The summed E-state index contributed by atoms with van der Waals surface area (Å²) in [7, 11) is 0. The molecule has 3 rings (SSSR count). The minimum Gasteiger partial charge on any atom is -0.366 e. The Bertz CT molecular complexity index is 570. The first kappa shape index (κ1) is 11.8. The van der Waals surface area contributed by atoms with Crippen molar-refractivity contribution in [2.45, 2.75) is 25.4 Å². The Morgan fingerprint density at radius 3 is 2.89 bits per heavy atom. The third-order valence-corrected chi connectivity index (χ3v) is 2.88. The molecule has 1 saturated carbocycles. The van der Waals surface area contributed by atoms with Crippen molar-refractivity contribution in [3.05, 3.63) is 41.8 Å². The molecule has 5 nitrogen and oxygen atoms in total. The van der Waals surface area contributed by atoms with Crippen molar-refractivity contribution >= 4 is 11.8 Å². The zero-order valence-corrected chi connectivity index (χ0v) is 10.3. The highest BCUT2D eigenvalue weighted by molar-refractivity contribution is 5.39. The maximum Gasteiger partial charge on any atom is 0.244 e. The predicted octanol–water partition coefficient (Wildman–Crippen LogP) is 2.20. The van der Waals surface area contributed by atoms with Gasteiger partial charge in [0.05, 0.1) is 6.20 Å². The molecule has 6 heteroatoms. The fourth-order valence-electron chi connectivity index (χ4n) is 1.70. The average molecular weight is 259 g/mol. The van der Waals surface area contributed by atoms with Gasteiger partial charge in [0.2, 0.25) is 5.95 Å². The number of hydrogen-bond donors (Lipinski definition) is 2. The van der Waals surface area contributed by atoms with Crippen LogP contribution in [-0.4, -0.2) is 21.2 Å². The van der Waals surface area contributed by atoms with Gasteiger partial charge in [-0.1, -0.05) is 18.2 Å². The van der Waals surface area contributed by atoms with E-state index in [1.165, 1.54) is 18.9 Å². The molecule has 1 aliphatic rings. The molecule has 1 heterocycles. The molecule has 0 amide bonds. The lowest BCUT2D eigenvalue weighted by atomic mass is 10.2. The maximum absolute atomic E-state index is 13.4. The SMILES string of the molecule is Fc1ccccc1CNc1nncc(NC2CC2)n1. The van der Waals surface area contributed by atoms with Crippen LogP contribution in [-0.2, 0) is 6.54 Å². The summed E-state index contributed by atoms with van der Waals surface area (Å²) in [6, 6.07) is 7.13. The zero-order chi connectivity index (χ0) is 13.1. The largest absolute Gasteiger partial charge is 0.366 e. The lowest BCUT2D eigenvalue weighted by Crippen LogP contribution is -2.09. The average Bonchev–Trinajstić information content (AvgIpc) is 3.22. The van der Waals surface area contributed by atoms with E-state index in [0.717, 1.165) is 0 Å². The Kier molecular flexibility index (Phi) is 3.22. The first-order valence-corrected chi connectivity index (χ1v) is 6.25. The molecule has 1 aromatic carbocycles. The number of hydrogen-bond acceptors (Lipinski definition) is 5. The zero-order valence-electron chi connectivity index (χ0n) is 10.3. The lowest BCUT2D eigenvalue weighted by molar-refractivity contribution is 0.612. The lowest BCUT2D eigenvalue weighted by Gasteiger charge is -2.07. The number of halogens is 1. The number of nitrogens with one attached hydrogen (secondary N) is 2. The molecule has 1 fully saturated rings. The molecule has 1 aliphatic carbocycles. The Morgan fingerprint density at radius 2 is 2.11 bits per heavy atom. The summed E-state index contributed by atoms with van der Waals surface area (Å²) in [6.07, 6.45) is 3.93. The summed E-state index contributed by atoms with van der Waals surface area (Å²) in [5.41, 5.74) is 0.576.